The molecule has 138 valence electrons. The van der Waals surface area contributed by atoms with Crippen LogP contribution in [-0.4, -0.2) is 22.7 Å². The van der Waals surface area contributed by atoms with E-state index in [0.29, 0.717) is 17.2 Å². The zero-order valence-corrected chi connectivity index (χ0v) is 14.4. The van der Waals surface area contributed by atoms with Gasteiger partial charge in [0.1, 0.15) is 0 Å². The van der Waals surface area contributed by atoms with E-state index in [1.54, 1.807) is 6.07 Å². The van der Waals surface area contributed by atoms with Crippen LogP contribution in [0.4, 0.5) is 8.78 Å². The normalized spacial score (nSPS) is 14.5. The average molecular weight is 361 g/mol. The van der Waals surface area contributed by atoms with Crippen LogP contribution in [0.2, 0.25) is 0 Å². The van der Waals surface area contributed by atoms with Crippen molar-refractivity contribution in [2.75, 3.05) is 6.61 Å². The van der Waals surface area contributed by atoms with Crippen molar-refractivity contribution in [1.82, 2.24) is 4.98 Å². The number of ether oxygens (including phenoxy) is 1. The van der Waals surface area contributed by atoms with E-state index in [9.17, 15) is 13.6 Å². The minimum absolute atomic E-state index is 0.0606. The van der Waals surface area contributed by atoms with E-state index in [0.717, 1.165) is 18.5 Å². The molecule has 0 radical (unpaired) electrons. The molecule has 0 spiro atoms. The smallest absolute Gasteiger partial charge is 0.303 e. The van der Waals surface area contributed by atoms with Gasteiger partial charge in [-0.2, -0.15) is 0 Å². The molecule has 1 aliphatic rings. The predicted molar refractivity (Wildman–Crippen MR) is 93.2 cm³/mol. The van der Waals surface area contributed by atoms with Crippen LogP contribution in [0.1, 0.15) is 50.1 Å². The monoisotopic (exact) mass is 361 g/mol. The number of carboxylic acid groups (broad SMARTS) is 1. The van der Waals surface area contributed by atoms with Crippen molar-refractivity contribution in [3.63, 3.8) is 0 Å². The molecule has 26 heavy (non-hydrogen) atoms. The lowest BCUT2D eigenvalue weighted by atomic mass is 10.0. The molecule has 1 fully saturated rings. The molecule has 1 aromatic heterocycles. The Morgan fingerprint density at radius 3 is 2.54 bits per heavy atom. The third kappa shape index (κ3) is 4.36. The molecule has 0 bridgehead atoms. The summed E-state index contributed by atoms with van der Waals surface area (Å²) in [5.41, 5.74) is 1.86. The highest BCUT2D eigenvalue weighted by Gasteiger charge is 2.19. The number of carboxylic acids is 1. The van der Waals surface area contributed by atoms with E-state index in [-0.39, 0.29) is 19.4 Å². The number of pyridine rings is 1. The molecule has 1 aromatic carbocycles. The summed E-state index contributed by atoms with van der Waals surface area (Å²) in [7, 11) is 0. The molecule has 0 unspecified atom stereocenters. The van der Waals surface area contributed by atoms with Gasteiger partial charge >= 0.3 is 5.97 Å². The van der Waals surface area contributed by atoms with Crippen LogP contribution < -0.4 is 4.74 Å². The second-order valence-corrected chi connectivity index (χ2v) is 6.54. The number of nitrogens with zero attached hydrogens (tertiary/aromatic N) is 1. The number of halogens is 2. The molecule has 1 heterocycles. The van der Waals surface area contributed by atoms with Crippen molar-refractivity contribution in [3.05, 3.63) is 47.7 Å². The Hall–Kier alpha value is -2.50. The van der Waals surface area contributed by atoms with Crippen LogP contribution in [0.15, 0.2) is 30.3 Å². The Morgan fingerprint density at radius 1 is 1.19 bits per heavy atom. The van der Waals surface area contributed by atoms with Gasteiger partial charge in [-0.15, -0.1) is 0 Å². The van der Waals surface area contributed by atoms with E-state index >= 15 is 0 Å². The second kappa shape index (κ2) is 8.25. The molecule has 0 saturated heterocycles. The van der Waals surface area contributed by atoms with Gasteiger partial charge in [-0.1, -0.05) is 18.9 Å². The van der Waals surface area contributed by atoms with Gasteiger partial charge < -0.3 is 9.84 Å². The molecular formula is C20H21F2NO3. The zero-order valence-electron chi connectivity index (χ0n) is 14.4. The molecule has 2 aromatic rings. The van der Waals surface area contributed by atoms with Crippen LogP contribution in [-0.2, 0) is 4.79 Å². The van der Waals surface area contributed by atoms with Crippen LogP contribution in [0.5, 0.6) is 5.75 Å². The lowest BCUT2D eigenvalue weighted by molar-refractivity contribution is -0.137. The number of rotatable bonds is 7. The van der Waals surface area contributed by atoms with Crippen molar-refractivity contribution in [3.8, 4) is 17.0 Å². The van der Waals surface area contributed by atoms with Crippen LogP contribution >= 0.6 is 0 Å². The van der Waals surface area contributed by atoms with Gasteiger partial charge in [-0.25, -0.2) is 8.78 Å². The van der Waals surface area contributed by atoms with Crippen LogP contribution in [0.3, 0.4) is 0 Å². The Balaban J connectivity index is 1.77. The largest absolute Gasteiger partial charge is 0.488 e. The van der Waals surface area contributed by atoms with Crippen molar-refractivity contribution < 1.29 is 23.4 Å². The van der Waals surface area contributed by atoms with Gasteiger partial charge in [-0.05, 0) is 43.5 Å². The average Bonchev–Trinajstić information content (AvgIpc) is 3.15. The molecule has 1 N–H and O–H groups in total. The molecule has 0 atom stereocenters. The van der Waals surface area contributed by atoms with E-state index in [1.165, 1.54) is 25.0 Å². The maximum Gasteiger partial charge on any atom is 0.303 e. The quantitative estimate of drug-likeness (QED) is 0.711. The molecular weight excluding hydrogens is 340 g/mol. The highest BCUT2D eigenvalue weighted by molar-refractivity contribution is 5.66. The summed E-state index contributed by atoms with van der Waals surface area (Å²) in [4.78, 5) is 15.1. The zero-order chi connectivity index (χ0) is 18.5. The van der Waals surface area contributed by atoms with Crippen molar-refractivity contribution in [1.29, 1.82) is 0 Å². The first kappa shape index (κ1) is 18.3. The number of hydrogen-bond acceptors (Lipinski definition) is 3. The lowest BCUT2D eigenvalue weighted by Gasteiger charge is -2.12. The number of benzene rings is 1. The third-order valence-corrected chi connectivity index (χ3v) is 4.62. The Kier molecular flexibility index (Phi) is 5.81. The number of aromatic nitrogens is 1. The Bertz CT molecular complexity index is 765. The number of hydrogen-bond donors (Lipinski definition) is 1. The molecule has 1 aliphatic carbocycles. The van der Waals surface area contributed by atoms with Gasteiger partial charge in [0.25, 0.3) is 0 Å². The summed E-state index contributed by atoms with van der Waals surface area (Å²) < 4.78 is 33.6. The van der Waals surface area contributed by atoms with E-state index in [1.807, 2.05) is 12.1 Å². The maximum atomic E-state index is 14.3. The van der Waals surface area contributed by atoms with Gasteiger partial charge in [0, 0.05) is 23.6 Å². The third-order valence-electron chi connectivity index (χ3n) is 4.62. The first-order chi connectivity index (χ1) is 12.5. The summed E-state index contributed by atoms with van der Waals surface area (Å²) in [6.07, 6.45) is 4.65. The van der Waals surface area contributed by atoms with Crippen molar-refractivity contribution >= 4 is 5.97 Å². The molecule has 0 aliphatic heterocycles. The first-order valence-corrected chi connectivity index (χ1v) is 8.85. The minimum atomic E-state index is -0.974. The summed E-state index contributed by atoms with van der Waals surface area (Å²) in [6, 6.07) is 7.97. The molecule has 6 heteroatoms. The summed E-state index contributed by atoms with van der Waals surface area (Å²) in [5.74, 6) is -2.67. The van der Waals surface area contributed by atoms with Crippen LogP contribution in [0, 0.1) is 11.6 Å². The maximum absolute atomic E-state index is 14.3. The number of carbonyl (C=O) groups is 1. The standard InChI is InChI=1S/C20H21F2NO3/c21-15-11-14(12-16(22)20(15)26-10-4-9-19(24)25)18-8-3-7-17(23-18)13-5-1-2-6-13/h3,7-8,11-13H,1-2,4-6,9-10H2,(H,24,25). The molecule has 3 rings (SSSR count). The molecule has 4 nitrogen and oxygen atoms in total. The minimum Gasteiger partial charge on any atom is -0.488 e. The van der Waals surface area contributed by atoms with Crippen LogP contribution in [0.25, 0.3) is 11.3 Å². The van der Waals surface area contributed by atoms with E-state index < -0.39 is 23.4 Å². The summed E-state index contributed by atoms with van der Waals surface area (Å²) >= 11 is 0. The highest BCUT2D eigenvalue weighted by atomic mass is 19.1. The van der Waals surface area contributed by atoms with Gasteiger partial charge in [0.15, 0.2) is 17.4 Å². The van der Waals surface area contributed by atoms with Gasteiger partial charge in [0.05, 0.1) is 12.3 Å². The Morgan fingerprint density at radius 2 is 1.88 bits per heavy atom. The topological polar surface area (TPSA) is 59.4 Å². The van der Waals surface area contributed by atoms with E-state index in [2.05, 4.69) is 4.98 Å². The first-order valence-electron chi connectivity index (χ1n) is 8.85. The van der Waals surface area contributed by atoms with Gasteiger partial charge in [0.2, 0.25) is 0 Å². The highest BCUT2D eigenvalue weighted by Crippen LogP contribution is 2.34. The van der Waals surface area contributed by atoms with Gasteiger partial charge in [-0.3, -0.25) is 9.78 Å². The van der Waals surface area contributed by atoms with Crippen molar-refractivity contribution in [2.45, 2.75) is 44.4 Å². The fourth-order valence-corrected chi connectivity index (χ4v) is 3.30. The fraction of sp³-hybridized carbons (Fsp3) is 0.400. The van der Waals surface area contributed by atoms with E-state index in [4.69, 9.17) is 9.84 Å². The SMILES string of the molecule is O=C(O)CCCOc1c(F)cc(-c2cccc(C3CCCC3)n2)cc1F. The van der Waals surface area contributed by atoms with Crippen molar-refractivity contribution in [2.24, 2.45) is 0 Å². The lowest BCUT2D eigenvalue weighted by Crippen LogP contribution is -2.05. The molecule has 1 saturated carbocycles. The predicted octanol–water partition coefficient (Wildman–Crippen LogP) is 4.93. The number of aliphatic carboxylic acids is 1. The Labute approximate surface area is 150 Å². The summed E-state index contributed by atoms with van der Waals surface area (Å²) in [5, 5.41) is 8.57. The second-order valence-electron chi connectivity index (χ2n) is 6.54. The molecule has 0 amide bonds. The fourth-order valence-electron chi connectivity index (χ4n) is 3.30. The summed E-state index contributed by atoms with van der Waals surface area (Å²) in [6.45, 7) is -0.0606.